The second kappa shape index (κ2) is 10.6. The number of aliphatic imine (C=N–C) groups is 1. The smallest absolute Gasteiger partial charge is 0.370 e. The number of hydrogen-bond acceptors (Lipinski definition) is 3. The van der Waals surface area contributed by atoms with E-state index in [-0.39, 0.29) is 12.0 Å². The van der Waals surface area contributed by atoms with Crippen LogP contribution in [0.5, 0.6) is 0 Å². The van der Waals surface area contributed by atoms with E-state index in [9.17, 15) is 4.79 Å². The number of nitrogens with two attached hydrogens (primary N) is 1. The summed E-state index contributed by atoms with van der Waals surface area (Å²) in [7, 11) is 0. The standard InChI is InChI=1S/C14H26N4O.H2NO3/c15-13(16-11-7-3-1-4-8-11)18-14(19)17-12-9-5-2-6-10-12;2-1(3)4/h11-12H,1-10H2,(H4,15,16,17,18,19);(H2,2,3,4)/q;+1. The first-order valence-corrected chi connectivity index (χ1v) is 8.23. The van der Waals surface area contributed by atoms with Crippen molar-refractivity contribution in [3.05, 3.63) is 4.91 Å². The zero-order valence-electron chi connectivity index (χ0n) is 13.4. The quantitative estimate of drug-likeness (QED) is 0.298. The summed E-state index contributed by atoms with van der Waals surface area (Å²) in [6, 6.07) is 0.393. The van der Waals surface area contributed by atoms with Gasteiger partial charge in [0.1, 0.15) is 4.91 Å². The van der Waals surface area contributed by atoms with Gasteiger partial charge in [0.15, 0.2) is 5.96 Å². The molecule has 6 N–H and O–H groups in total. The summed E-state index contributed by atoms with van der Waals surface area (Å²) < 4.78 is 0. The van der Waals surface area contributed by atoms with Crippen LogP contribution in [0.3, 0.4) is 0 Å². The van der Waals surface area contributed by atoms with E-state index in [0.29, 0.717) is 12.1 Å². The highest BCUT2D eigenvalue weighted by atomic mass is 16.9. The van der Waals surface area contributed by atoms with Crippen LogP contribution in [0.2, 0.25) is 0 Å². The van der Waals surface area contributed by atoms with Gasteiger partial charge in [-0.2, -0.15) is 0 Å². The Bertz CT molecular complexity index is 400. The Labute approximate surface area is 135 Å². The molecule has 0 aromatic carbocycles. The van der Waals surface area contributed by atoms with E-state index in [0.717, 1.165) is 25.7 Å². The zero-order chi connectivity index (χ0) is 17.1. The van der Waals surface area contributed by atoms with Crippen molar-refractivity contribution in [3.8, 4) is 0 Å². The molecule has 23 heavy (non-hydrogen) atoms. The second-order valence-electron chi connectivity index (χ2n) is 5.99. The fourth-order valence-corrected chi connectivity index (χ4v) is 3.02. The van der Waals surface area contributed by atoms with Gasteiger partial charge in [-0.3, -0.25) is 5.32 Å². The molecule has 0 atom stereocenters. The van der Waals surface area contributed by atoms with Gasteiger partial charge in [0.05, 0.1) is 6.04 Å². The minimum Gasteiger partial charge on any atom is -0.370 e. The molecule has 2 aliphatic carbocycles. The largest absolute Gasteiger partial charge is 0.472 e. The van der Waals surface area contributed by atoms with Gasteiger partial charge in [-0.25, -0.2) is 20.2 Å². The van der Waals surface area contributed by atoms with Crippen molar-refractivity contribution in [2.75, 3.05) is 0 Å². The van der Waals surface area contributed by atoms with E-state index in [2.05, 4.69) is 15.6 Å². The summed E-state index contributed by atoms with van der Waals surface area (Å²) in [5.41, 5.74) is 5.79. The second-order valence-corrected chi connectivity index (χ2v) is 5.99. The van der Waals surface area contributed by atoms with Gasteiger partial charge in [-0.15, -0.1) is 0 Å². The van der Waals surface area contributed by atoms with E-state index in [4.69, 9.17) is 21.1 Å². The molecule has 0 aliphatic heterocycles. The molecule has 0 aromatic rings. The van der Waals surface area contributed by atoms with Crippen molar-refractivity contribution in [2.24, 2.45) is 10.7 Å². The maximum atomic E-state index is 11.8. The number of nitrogens with zero attached hydrogens (tertiary/aromatic N) is 2. The molecule has 9 heteroatoms. The zero-order valence-corrected chi connectivity index (χ0v) is 13.4. The number of carbonyl (C=O) groups is 1. The number of rotatable bonds is 2. The lowest BCUT2D eigenvalue weighted by molar-refractivity contribution is -0.969. The van der Waals surface area contributed by atoms with Gasteiger partial charge in [-0.1, -0.05) is 38.5 Å². The van der Waals surface area contributed by atoms with Crippen LogP contribution in [-0.4, -0.2) is 39.6 Å². The van der Waals surface area contributed by atoms with Crippen molar-refractivity contribution < 1.29 is 20.3 Å². The molecule has 2 saturated carbocycles. The van der Waals surface area contributed by atoms with E-state index in [1.807, 2.05) is 0 Å². The van der Waals surface area contributed by atoms with Crippen molar-refractivity contribution in [3.63, 3.8) is 0 Å². The Morgan fingerprint density at radius 2 is 1.48 bits per heavy atom. The van der Waals surface area contributed by atoms with Crippen LogP contribution >= 0.6 is 0 Å². The van der Waals surface area contributed by atoms with Gasteiger partial charge >= 0.3 is 11.1 Å². The molecular formula is C14H28N5O4+. The molecule has 0 heterocycles. The minimum atomic E-state index is -1.25. The predicted molar refractivity (Wildman–Crippen MR) is 84.2 cm³/mol. The molecule has 2 amide bonds. The van der Waals surface area contributed by atoms with Crippen molar-refractivity contribution in [1.29, 1.82) is 0 Å². The Kier molecular flexibility index (Phi) is 8.78. The number of hydrogen-bond donors (Lipinski definition) is 5. The fourth-order valence-electron chi connectivity index (χ4n) is 3.02. The fraction of sp³-hybridized carbons (Fsp3) is 0.857. The number of amides is 2. The van der Waals surface area contributed by atoms with E-state index < -0.39 is 5.09 Å². The Morgan fingerprint density at radius 3 is 2.00 bits per heavy atom. The van der Waals surface area contributed by atoms with Gasteiger partial charge in [0.25, 0.3) is 0 Å². The molecule has 0 unspecified atom stereocenters. The van der Waals surface area contributed by atoms with Crippen LogP contribution < -0.4 is 16.4 Å². The average molecular weight is 330 g/mol. The van der Waals surface area contributed by atoms with E-state index in [1.54, 1.807) is 0 Å². The normalized spacial score (nSPS) is 20.1. The van der Waals surface area contributed by atoms with Crippen LogP contribution in [0.4, 0.5) is 4.79 Å². The highest BCUT2D eigenvalue weighted by Gasteiger charge is 2.17. The third kappa shape index (κ3) is 9.54. The predicted octanol–water partition coefficient (Wildman–Crippen LogP) is 1.81. The lowest BCUT2D eigenvalue weighted by Gasteiger charge is -2.23. The number of carbonyl (C=O) groups excluding carboxylic acids is 1. The number of urea groups is 1. The van der Waals surface area contributed by atoms with Crippen molar-refractivity contribution >= 4 is 12.0 Å². The molecule has 2 rings (SSSR count). The van der Waals surface area contributed by atoms with Gasteiger partial charge in [0.2, 0.25) is 0 Å². The Morgan fingerprint density at radius 1 is 1.00 bits per heavy atom. The summed E-state index contributed by atoms with van der Waals surface area (Å²) in [5.74, 6) is 0.264. The first-order valence-electron chi connectivity index (χ1n) is 8.23. The number of nitrogens with one attached hydrogen (secondary N) is 2. The Balaban J connectivity index is 0.000000593. The molecule has 0 radical (unpaired) electrons. The van der Waals surface area contributed by atoms with Crippen LogP contribution in [0.1, 0.15) is 64.2 Å². The lowest BCUT2D eigenvalue weighted by Crippen LogP contribution is -2.48. The summed E-state index contributed by atoms with van der Waals surface area (Å²) in [6.45, 7) is 0. The molecule has 132 valence electrons. The SMILES string of the molecule is NC(=NC1CCCCC1)NC(=O)NC1CCCCC1.O=[N+](O)O. The number of guanidine groups is 1. The molecule has 0 saturated heterocycles. The summed E-state index contributed by atoms with van der Waals surface area (Å²) >= 11 is 0. The molecule has 0 spiro atoms. The molecule has 0 aromatic heterocycles. The monoisotopic (exact) mass is 330 g/mol. The first kappa shape index (κ1) is 19.0. The molecular weight excluding hydrogens is 302 g/mol. The van der Waals surface area contributed by atoms with Gasteiger partial charge in [0, 0.05) is 6.04 Å². The van der Waals surface area contributed by atoms with E-state index >= 15 is 0 Å². The Hall–Kier alpha value is -2.06. The van der Waals surface area contributed by atoms with Gasteiger partial charge in [-0.05, 0) is 25.7 Å². The minimum absolute atomic E-state index is 0.205. The maximum Gasteiger partial charge on any atom is 0.472 e. The van der Waals surface area contributed by atoms with Gasteiger partial charge < -0.3 is 11.1 Å². The molecule has 0 bridgehead atoms. The van der Waals surface area contributed by atoms with Crippen molar-refractivity contribution in [1.82, 2.24) is 10.6 Å². The van der Waals surface area contributed by atoms with Crippen LogP contribution in [0, 0.1) is 4.91 Å². The topological polar surface area (TPSA) is 140 Å². The summed E-state index contributed by atoms with van der Waals surface area (Å²) in [4.78, 5) is 24.6. The highest BCUT2D eigenvalue weighted by molar-refractivity contribution is 5.95. The molecule has 9 nitrogen and oxygen atoms in total. The third-order valence-corrected chi connectivity index (χ3v) is 4.08. The highest BCUT2D eigenvalue weighted by Crippen LogP contribution is 2.20. The van der Waals surface area contributed by atoms with Crippen LogP contribution in [-0.2, 0) is 0 Å². The third-order valence-electron chi connectivity index (χ3n) is 4.08. The van der Waals surface area contributed by atoms with E-state index in [1.165, 1.54) is 38.5 Å². The summed E-state index contributed by atoms with van der Waals surface area (Å²) in [6.07, 6.45) is 11.8. The summed E-state index contributed by atoms with van der Waals surface area (Å²) in [5, 5.41) is 18.2. The van der Waals surface area contributed by atoms with Crippen molar-refractivity contribution in [2.45, 2.75) is 76.3 Å². The first-order chi connectivity index (χ1) is 11.0. The maximum absolute atomic E-state index is 11.8. The van der Waals surface area contributed by atoms with Crippen LogP contribution in [0.25, 0.3) is 0 Å². The average Bonchev–Trinajstić information content (AvgIpc) is 2.48. The molecule has 2 aliphatic rings. The van der Waals surface area contributed by atoms with Crippen LogP contribution in [0.15, 0.2) is 4.99 Å². The lowest BCUT2D eigenvalue weighted by atomic mass is 9.96. The molecule has 2 fully saturated rings.